The lowest BCUT2D eigenvalue weighted by Gasteiger charge is -2.10. The van der Waals surface area contributed by atoms with Crippen LogP contribution in [0.5, 0.6) is 0 Å². The third kappa shape index (κ3) is 2.24. The Balaban J connectivity index is 2.67. The number of hydrogen-bond donors (Lipinski definition) is 1. The number of rotatable bonds is 2. The van der Waals surface area contributed by atoms with Gasteiger partial charge in [0.2, 0.25) is 0 Å². The number of hydrogen-bond acceptors (Lipinski definition) is 3. The maximum Gasteiger partial charge on any atom is 0.131 e. The fourth-order valence-electron chi connectivity index (χ4n) is 1.66. The van der Waals surface area contributed by atoms with E-state index >= 15 is 0 Å². The molecule has 2 N–H and O–H groups in total. The van der Waals surface area contributed by atoms with Gasteiger partial charge in [-0.25, -0.2) is 9.97 Å². The summed E-state index contributed by atoms with van der Waals surface area (Å²) in [4.78, 5) is 8.74. The minimum absolute atomic E-state index is 0.520. The first kappa shape index (κ1) is 11.9. The van der Waals surface area contributed by atoms with Crippen molar-refractivity contribution >= 4 is 17.4 Å². The minimum atomic E-state index is 0.520. The highest BCUT2D eigenvalue weighted by atomic mass is 35.5. The van der Waals surface area contributed by atoms with E-state index in [1.807, 2.05) is 38.1 Å². The lowest BCUT2D eigenvalue weighted by Crippen LogP contribution is -2.04. The Morgan fingerprint density at radius 2 is 1.94 bits per heavy atom. The van der Waals surface area contributed by atoms with Crippen LogP contribution < -0.4 is 5.73 Å². The van der Waals surface area contributed by atoms with E-state index in [1.54, 1.807) is 0 Å². The molecule has 0 atom stereocenters. The van der Waals surface area contributed by atoms with Gasteiger partial charge in [-0.3, -0.25) is 0 Å². The number of nitrogens with zero attached hydrogens (tertiary/aromatic N) is 2. The van der Waals surface area contributed by atoms with Gasteiger partial charge in [0.1, 0.15) is 11.6 Å². The van der Waals surface area contributed by atoms with Crippen LogP contribution >= 0.6 is 11.6 Å². The van der Waals surface area contributed by atoms with E-state index in [9.17, 15) is 0 Å². The summed E-state index contributed by atoms with van der Waals surface area (Å²) in [7, 11) is 0. The predicted molar refractivity (Wildman–Crippen MR) is 71.0 cm³/mol. The highest BCUT2D eigenvalue weighted by Gasteiger charge is 2.12. The molecule has 3 nitrogen and oxygen atoms in total. The minimum Gasteiger partial charge on any atom is -0.383 e. The van der Waals surface area contributed by atoms with Gasteiger partial charge in [0, 0.05) is 22.6 Å². The molecular formula is C13H14ClN3. The highest BCUT2D eigenvalue weighted by molar-refractivity contribution is 6.33. The third-order valence-electron chi connectivity index (χ3n) is 2.67. The molecule has 0 aliphatic rings. The number of benzene rings is 1. The van der Waals surface area contributed by atoms with Gasteiger partial charge in [0.15, 0.2) is 0 Å². The van der Waals surface area contributed by atoms with Crippen LogP contribution in [-0.2, 0) is 6.42 Å². The summed E-state index contributed by atoms with van der Waals surface area (Å²) in [6.45, 7) is 3.91. The Kier molecular flexibility index (Phi) is 3.29. The maximum atomic E-state index is 6.18. The number of halogens is 1. The zero-order valence-electron chi connectivity index (χ0n) is 9.87. The fraction of sp³-hybridized carbons (Fsp3) is 0.231. The second-order valence-electron chi connectivity index (χ2n) is 3.83. The van der Waals surface area contributed by atoms with Gasteiger partial charge in [-0.15, -0.1) is 0 Å². The monoisotopic (exact) mass is 247 g/mol. The molecule has 2 aromatic rings. The van der Waals surface area contributed by atoms with Crippen molar-refractivity contribution in [3.05, 3.63) is 40.7 Å². The zero-order chi connectivity index (χ0) is 12.4. The average Bonchev–Trinajstić information content (AvgIpc) is 2.33. The van der Waals surface area contributed by atoms with Gasteiger partial charge in [0.05, 0.1) is 5.69 Å². The largest absolute Gasteiger partial charge is 0.383 e. The van der Waals surface area contributed by atoms with Crippen LogP contribution in [0, 0.1) is 6.92 Å². The summed E-state index contributed by atoms with van der Waals surface area (Å²) in [6, 6.07) is 7.62. The van der Waals surface area contributed by atoms with E-state index in [-0.39, 0.29) is 0 Å². The van der Waals surface area contributed by atoms with Crippen LogP contribution in [0.25, 0.3) is 11.3 Å². The van der Waals surface area contributed by atoms with E-state index in [0.29, 0.717) is 10.8 Å². The Morgan fingerprint density at radius 3 is 2.59 bits per heavy atom. The summed E-state index contributed by atoms with van der Waals surface area (Å²) < 4.78 is 0. The second-order valence-corrected chi connectivity index (χ2v) is 4.24. The quantitative estimate of drug-likeness (QED) is 0.886. The van der Waals surface area contributed by atoms with Crippen molar-refractivity contribution in [2.24, 2.45) is 0 Å². The van der Waals surface area contributed by atoms with Gasteiger partial charge in [-0.05, 0) is 13.0 Å². The number of anilines is 1. The number of aryl methyl sites for hydroxylation is 1. The van der Waals surface area contributed by atoms with E-state index in [1.165, 1.54) is 0 Å². The van der Waals surface area contributed by atoms with Crippen LogP contribution in [0.4, 0.5) is 5.82 Å². The summed E-state index contributed by atoms with van der Waals surface area (Å²) in [6.07, 6.45) is 0.752. The Morgan fingerprint density at radius 1 is 1.24 bits per heavy atom. The smallest absolute Gasteiger partial charge is 0.131 e. The SMILES string of the molecule is CCc1nc(N)c(C)c(-c2ccccc2Cl)n1. The first-order valence-corrected chi connectivity index (χ1v) is 5.89. The Labute approximate surface area is 106 Å². The fourth-order valence-corrected chi connectivity index (χ4v) is 1.88. The van der Waals surface area contributed by atoms with Crippen molar-refractivity contribution in [2.75, 3.05) is 5.73 Å². The number of nitrogen functional groups attached to an aromatic ring is 1. The van der Waals surface area contributed by atoms with Crippen LogP contribution in [0.1, 0.15) is 18.3 Å². The first-order valence-electron chi connectivity index (χ1n) is 5.51. The lowest BCUT2D eigenvalue weighted by molar-refractivity contribution is 0.940. The zero-order valence-corrected chi connectivity index (χ0v) is 10.6. The molecule has 1 heterocycles. The summed E-state index contributed by atoms with van der Waals surface area (Å²) in [5.41, 5.74) is 8.48. The molecule has 88 valence electrons. The molecule has 0 bridgehead atoms. The van der Waals surface area contributed by atoms with E-state index in [2.05, 4.69) is 9.97 Å². The molecule has 0 spiro atoms. The van der Waals surface area contributed by atoms with Crippen molar-refractivity contribution in [3.8, 4) is 11.3 Å². The molecule has 0 aliphatic carbocycles. The second kappa shape index (κ2) is 4.72. The van der Waals surface area contributed by atoms with Crippen molar-refractivity contribution in [3.63, 3.8) is 0 Å². The first-order chi connectivity index (χ1) is 8.13. The number of nitrogens with two attached hydrogens (primary N) is 1. The molecule has 0 radical (unpaired) electrons. The maximum absolute atomic E-state index is 6.18. The van der Waals surface area contributed by atoms with Crippen molar-refractivity contribution in [2.45, 2.75) is 20.3 Å². The molecule has 1 aromatic carbocycles. The van der Waals surface area contributed by atoms with Crippen molar-refractivity contribution < 1.29 is 0 Å². The molecule has 0 unspecified atom stereocenters. The van der Waals surface area contributed by atoms with E-state index < -0.39 is 0 Å². The molecule has 0 amide bonds. The molecule has 2 rings (SSSR count). The van der Waals surface area contributed by atoms with Crippen LogP contribution in [0.15, 0.2) is 24.3 Å². The standard InChI is InChI=1S/C13H14ClN3/c1-3-11-16-12(8(2)13(15)17-11)9-6-4-5-7-10(9)14/h4-7H,3H2,1-2H3,(H2,15,16,17). The van der Waals surface area contributed by atoms with Crippen molar-refractivity contribution in [1.29, 1.82) is 0 Å². The van der Waals surface area contributed by atoms with Crippen LogP contribution in [-0.4, -0.2) is 9.97 Å². The summed E-state index contributed by atoms with van der Waals surface area (Å²) >= 11 is 6.18. The molecule has 0 fully saturated rings. The summed E-state index contributed by atoms with van der Waals surface area (Å²) in [5.74, 6) is 1.26. The normalized spacial score (nSPS) is 10.5. The molecule has 4 heteroatoms. The van der Waals surface area contributed by atoms with Gasteiger partial charge in [-0.1, -0.05) is 36.7 Å². The lowest BCUT2D eigenvalue weighted by atomic mass is 10.1. The Bertz CT molecular complexity index is 552. The highest BCUT2D eigenvalue weighted by Crippen LogP contribution is 2.30. The Hall–Kier alpha value is -1.61. The van der Waals surface area contributed by atoms with Crippen LogP contribution in [0.3, 0.4) is 0 Å². The van der Waals surface area contributed by atoms with Gasteiger partial charge in [-0.2, -0.15) is 0 Å². The van der Waals surface area contributed by atoms with E-state index in [0.717, 1.165) is 29.1 Å². The number of aromatic nitrogens is 2. The van der Waals surface area contributed by atoms with Crippen molar-refractivity contribution in [1.82, 2.24) is 9.97 Å². The molecular weight excluding hydrogens is 234 g/mol. The molecule has 1 aromatic heterocycles. The van der Waals surface area contributed by atoms with Gasteiger partial charge >= 0.3 is 0 Å². The third-order valence-corrected chi connectivity index (χ3v) is 3.00. The average molecular weight is 248 g/mol. The molecule has 0 aliphatic heterocycles. The topological polar surface area (TPSA) is 51.8 Å². The van der Waals surface area contributed by atoms with Crippen LogP contribution in [0.2, 0.25) is 5.02 Å². The van der Waals surface area contributed by atoms with Gasteiger partial charge in [0.25, 0.3) is 0 Å². The molecule has 0 saturated heterocycles. The summed E-state index contributed by atoms with van der Waals surface area (Å²) in [5, 5.41) is 0.677. The van der Waals surface area contributed by atoms with E-state index in [4.69, 9.17) is 17.3 Å². The van der Waals surface area contributed by atoms with Gasteiger partial charge < -0.3 is 5.73 Å². The molecule has 0 saturated carbocycles. The predicted octanol–water partition coefficient (Wildman–Crippen LogP) is 3.25. The molecule has 17 heavy (non-hydrogen) atoms.